The smallest absolute Gasteiger partial charge is 0.142 e. The van der Waals surface area contributed by atoms with Crippen molar-refractivity contribution in [1.29, 1.82) is 0 Å². The fourth-order valence-electron chi connectivity index (χ4n) is 1.80. The Morgan fingerprint density at radius 1 is 1.06 bits per heavy atom. The van der Waals surface area contributed by atoms with E-state index < -0.39 is 0 Å². The molecular weight excluding hydrogens is 228 g/mol. The zero-order chi connectivity index (χ0) is 13.2. The molecule has 0 aliphatic carbocycles. The fraction of sp³-hybridized carbons (Fsp3) is 0.571. The molecule has 1 aromatic carbocycles. The second kappa shape index (κ2) is 8.64. The van der Waals surface area contributed by atoms with Gasteiger partial charge >= 0.3 is 0 Å². The predicted octanol–water partition coefficient (Wildman–Crippen LogP) is 2.63. The van der Waals surface area contributed by atoms with Crippen molar-refractivity contribution >= 4 is 5.69 Å². The van der Waals surface area contributed by atoms with E-state index in [1.807, 2.05) is 18.2 Å². The van der Waals surface area contributed by atoms with Crippen LogP contribution in [0.3, 0.4) is 0 Å². The van der Waals surface area contributed by atoms with Crippen molar-refractivity contribution in [3.05, 3.63) is 18.2 Å². The van der Waals surface area contributed by atoms with Gasteiger partial charge in [-0.1, -0.05) is 12.8 Å². The summed E-state index contributed by atoms with van der Waals surface area (Å²) in [6.45, 7) is 1.73. The van der Waals surface area contributed by atoms with Crippen LogP contribution in [0.4, 0.5) is 5.69 Å². The lowest BCUT2D eigenvalue weighted by atomic mass is 10.2. The van der Waals surface area contributed by atoms with E-state index in [1.54, 1.807) is 14.2 Å². The van der Waals surface area contributed by atoms with Crippen molar-refractivity contribution in [3.63, 3.8) is 0 Å². The van der Waals surface area contributed by atoms with E-state index >= 15 is 0 Å². The van der Waals surface area contributed by atoms with Gasteiger partial charge in [-0.05, 0) is 31.5 Å². The molecule has 0 amide bonds. The molecule has 0 saturated carbocycles. The van der Waals surface area contributed by atoms with Crippen LogP contribution in [0.2, 0.25) is 0 Å². The van der Waals surface area contributed by atoms with Gasteiger partial charge in [0.05, 0.1) is 19.9 Å². The van der Waals surface area contributed by atoms with Crippen molar-refractivity contribution < 1.29 is 9.47 Å². The molecule has 4 heteroatoms. The molecule has 3 N–H and O–H groups in total. The average molecular weight is 252 g/mol. The molecule has 0 heterocycles. The molecule has 0 aliphatic rings. The van der Waals surface area contributed by atoms with E-state index in [9.17, 15) is 0 Å². The van der Waals surface area contributed by atoms with E-state index in [-0.39, 0.29) is 0 Å². The van der Waals surface area contributed by atoms with Gasteiger partial charge in [0, 0.05) is 12.6 Å². The summed E-state index contributed by atoms with van der Waals surface area (Å²) in [5.41, 5.74) is 6.44. The highest BCUT2D eigenvalue weighted by atomic mass is 16.5. The van der Waals surface area contributed by atoms with Gasteiger partial charge < -0.3 is 20.5 Å². The van der Waals surface area contributed by atoms with Crippen LogP contribution < -0.4 is 20.5 Å². The maximum Gasteiger partial charge on any atom is 0.142 e. The molecule has 18 heavy (non-hydrogen) atoms. The molecule has 0 spiro atoms. The number of anilines is 1. The summed E-state index contributed by atoms with van der Waals surface area (Å²) >= 11 is 0. The monoisotopic (exact) mass is 252 g/mol. The molecule has 0 atom stereocenters. The van der Waals surface area contributed by atoms with Gasteiger partial charge in [0.25, 0.3) is 0 Å². The minimum absolute atomic E-state index is 0.789. The Labute approximate surface area is 109 Å². The maximum atomic E-state index is 5.46. The Morgan fingerprint density at radius 2 is 1.83 bits per heavy atom. The first-order chi connectivity index (χ1) is 8.81. The molecule has 1 aromatic rings. The Morgan fingerprint density at radius 3 is 2.50 bits per heavy atom. The number of nitrogens with two attached hydrogens (primary N) is 1. The number of hydrogen-bond acceptors (Lipinski definition) is 4. The number of methoxy groups -OCH3 is 2. The fourth-order valence-corrected chi connectivity index (χ4v) is 1.80. The second-order valence-corrected chi connectivity index (χ2v) is 4.20. The third kappa shape index (κ3) is 4.84. The lowest BCUT2D eigenvalue weighted by molar-refractivity contribution is 0.404. The minimum Gasteiger partial charge on any atom is -0.497 e. The summed E-state index contributed by atoms with van der Waals surface area (Å²) < 4.78 is 10.5. The average Bonchev–Trinajstić information content (AvgIpc) is 2.42. The van der Waals surface area contributed by atoms with Gasteiger partial charge in [-0.3, -0.25) is 0 Å². The first-order valence-electron chi connectivity index (χ1n) is 6.47. The topological polar surface area (TPSA) is 56.5 Å². The van der Waals surface area contributed by atoms with E-state index in [0.29, 0.717) is 0 Å². The lowest BCUT2D eigenvalue weighted by Gasteiger charge is -2.12. The molecule has 0 fully saturated rings. The number of ether oxygens (including phenoxy) is 2. The number of rotatable bonds is 9. The van der Waals surface area contributed by atoms with Crippen LogP contribution in [0.1, 0.15) is 25.7 Å². The highest BCUT2D eigenvalue weighted by Crippen LogP contribution is 2.28. The third-order valence-corrected chi connectivity index (χ3v) is 2.85. The van der Waals surface area contributed by atoms with E-state index in [1.165, 1.54) is 12.8 Å². The van der Waals surface area contributed by atoms with Crippen molar-refractivity contribution in [2.24, 2.45) is 5.73 Å². The predicted molar refractivity (Wildman–Crippen MR) is 75.6 cm³/mol. The molecule has 0 aliphatic heterocycles. The maximum absolute atomic E-state index is 5.46. The molecule has 0 saturated heterocycles. The lowest BCUT2D eigenvalue weighted by Crippen LogP contribution is -2.04. The molecular formula is C14H24N2O2. The van der Waals surface area contributed by atoms with Gasteiger partial charge in [-0.15, -0.1) is 0 Å². The molecule has 0 aromatic heterocycles. The highest BCUT2D eigenvalue weighted by Gasteiger charge is 2.03. The number of nitrogens with one attached hydrogen (secondary N) is 1. The summed E-state index contributed by atoms with van der Waals surface area (Å²) in [6, 6.07) is 5.76. The van der Waals surface area contributed by atoms with Gasteiger partial charge in [-0.25, -0.2) is 0 Å². The van der Waals surface area contributed by atoms with Crippen LogP contribution in [0.15, 0.2) is 18.2 Å². The van der Waals surface area contributed by atoms with Crippen molar-refractivity contribution in [2.75, 3.05) is 32.6 Å². The summed E-state index contributed by atoms with van der Waals surface area (Å²) in [5, 5.41) is 3.38. The van der Waals surface area contributed by atoms with Crippen LogP contribution in [-0.4, -0.2) is 27.3 Å². The Balaban J connectivity index is 2.39. The molecule has 0 bridgehead atoms. The second-order valence-electron chi connectivity index (χ2n) is 4.20. The van der Waals surface area contributed by atoms with E-state index in [0.717, 1.165) is 43.1 Å². The molecule has 4 nitrogen and oxygen atoms in total. The zero-order valence-corrected chi connectivity index (χ0v) is 11.4. The van der Waals surface area contributed by atoms with Gasteiger partial charge in [0.1, 0.15) is 11.5 Å². The molecule has 1 rings (SSSR count). The highest BCUT2D eigenvalue weighted by molar-refractivity contribution is 5.59. The first-order valence-corrected chi connectivity index (χ1v) is 6.47. The van der Waals surface area contributed by atoms with Crippen LogP contribution in [0.5, 0.6) is 11.5 Å². The number of hydrogen-bond donors (Lipinski definition) is 2. The molecule has 102 valence electrons. The molecule has 0 radical (unpaired) electrons. The van der Waals surface area contributed by atoms with Gasteiger partial charge in [0.15, 0.2) is 0 Å². The Hall–Kier alpha value is -1.42. The number of unbranched alkanes of at least 4 members (excludes halogenated alkanes) is 3. The first kappa shape index (κ1) is 14.6. The van der Waals surface area contributed by atoms with Crippen molar-refractivity contribution in [1.82, 2.24) is 0 Å². The standard InChI is InChI=1S/C14H24N2O2/c1-17-12-7-8-14(18-2)13(11-12)16-10-6-4-3-5-9-15/h7-8,11,16H,3-6,9-10,15H2,1-2H3. The summed E-state index contributed by atoms with van der Waals surface area (Å²) in [6.07, 6.45) is 4.66. The summed E-state index contributed by atoms with van der Waals surface area (Å²) in [5.74, 6) is 1.68. The van der Waals surface area contributed by atoms with Crippen LogP contribution >= 0.6 is 0 Å². The SMILES string of the molecule is COc1ccc(OC)c(NCCCCCCN)c1. The van der Waals surface area contributed by atoms with Crippen LogP contribution in [0.25, 0.3) is 0 Å². The molecule has 0 unspecified atom stereocenters. The Bertz CT molecular complexity index is 343. The third-order valence-electron chi connectivity index (χ3n) is 2.85. The summed E-state index contributed by atoms with van der Waals surface area (Å²) in [7, 11) is 3.34. The van der Waals surface area contributed by atoms with Crippen molar-refractivity contribution in [3.8, 4) is 11.5 Å². The van der Waals surface area contributed by atoms with Crippen LogP contribution in [0, 0.1) is 0 Å². The van der Waals surface area contributed by atoms with Crippen molar-refractivity contribution in [2.45, 2.75) is 25.7 Å². The quantitative estimate of drug-likeness (QED) is 0.663. The van der Waals surface area contributed by atoms with Gasteiger partial charge in [0.2, 0.25) is 0 Å². The van der Waals surface area contributed by atoms with E-state index in [2.05, 4.69) is 5.32 Å². The normalized spacial score (nSPS) is 10.2. The van der Waals surface area contributed by atoms with Crippen LogP contribution in [-0.2, 0) is 0 Å². The minimum atomic E-state index is 0.789. The summed E-state index contributed by atoms with van der Waals surface area (Å²) in [4.78, 5) is 0. The number of benzene rings is 1. The van der Waals surface area contributed by atoms with E-state index in [4.69, 9.17) is 15.2 Å². The zero-order valence-electron chi connectivity index (χ0n) is 11.4. The largest absolute Gasteiger partial charge is 0.497 e. The van der Waals surface area contributed by atoms with Gasteiger partial charge in [-0.2, -0.15) is 0 Å². The Kier molecular flexibility index (Phi) is 7.03.